The van der Waals surface area contributed by atoms with Crippen molar-refractivity contribution in [1.29, 1.82) is 0 Å². The second kappa shape index (κ2) is 19.3. The van der Waals surface area contributed by atoms with Crippen LogP contribution in [-0.2, 0) is 11.3 Å². The molecule has 0 bridgehead atoms. The fourth-order valence-electron chi connectivity index (χ4n) is 4.73. The van der Waals surface area contributed by atoms with Gasteiger partial charge in [0.1, 0.15) is 5.75 Å². The number of hydrogen-bond donors (Lipinski definition) is 1. The molecule has 6 nitrogen and oxygen atoms in total. The molecule has 0 saturated carbocycles. The lowest BCUT2D eigenvalue weighted by molar-refractivity contribution is -0.118. The summed E-state index contributed by atoms with van der Waals surface area (Å²) in [7, 11) is 1.63. The van der Waals surface area contributed by atoms with Crippen LogP contribution in [0.5, 0.6) is 17.2 Å². The molecule has 1 N–H and O–H groups in total. The summed E-state index contributed by atoms with van der Waals surface area (Å²) in [6, 6.07) is 13.3. The van der Waals surface area contributed by atoms with Gasteiger partial charge in [-0.15, -0.1) is 11.8 Å². The molecule has 0 unspecified atom stereocenters. The van der Waals surface area contributed by atoms with Crippen molar-refractivity contribution in [3.05, 3.63) is 59.6 Å². The van der Waals surface area contributed by atoms with Crippen LogP contribution in [0.15, 0.2) is 54.1 Å². The first-order chi connectivity index (χ1) is 19.7. The molecule has 2 aromatic rings. The molecule has 0 saturated heterocycles. The number of thioether (sulfide) groups is 1. The first kappa shape index (κ1) is 31.7. The second-order valence-electron chi connectivity index (χ2n) is 10.4. The Morgan fingerprint density at radius 2 is 1.57 bits per heavy atom. The maximum Gasteiger partial charge on any atom is 0.262 e. The average Bonchev–Trinajstić information content (AvgIpc) is 3.49. The number of ether oxygens (including phenoxy) is 3. The van der Waals surface area contributed by atoms with E-state index in [4.69, 9.17) is 14.2 Å². The summed E-state index contributed by atoms with van der Waals surface area (Å²) >= 11 is 1.76. The summed E-state index contributed by atoms with van der Waals surface area (Å²) < 4.78 is 17.3. The minimum absolute atomic E-state index is 0.0850. The highest BCUT2D eigenvalue weighted by molar-refractivity contribution is 8.02. The number of amides is 1. The molecule has 2 aromatic carbocycles. The van der Waals surface area contributed by atoms with E-state index in [-0.39, 0.29) is 12.5 Å². The van der Waals surface area contributed by atoms with Gasteiger partial charge in [-0.05, 0) is 35.6 Å². The number of benzene rings is 2. The van der Waals surface area contributed by atoms with E-state index in [2.05, 4.69) is 28.7 Å². The van der Waals surface area contributed by atoms with Crippen LogP contribution in [-0.4, -0.2) is 37.0 Å². The quantitative estimate of drug-likeness (QED) is 0.152. The molecule has 0 aromatic heterocycles. The molecule has 220 valence electrons. The monoisotopic (exact) mass is 568 g/mol. The zero-order chi connectivity index (χ0) is 28.3. The molecule has 1 amide bonds. The zero-order valence-corrected chi connectivity index (χ0v) is 25.3. The van der Waals surface area contributed by atoms with Crippen molar-refractivity contribution in [2.45, 2.75) is 90.5 Å². The first-order valence-corrected chi connectivity index (χ1v) is 16.1. The van der Waals surface area contributed by atoms with Crippen molar-refractivity contribution in [2.75, 3.05) is 31.5 Å². The zero-order valence-electron chi connectivity index (χ0n) is 24.5. The van der Waals surface area contributed by atoms with Crippen molar-refractivity contribution in [3.8, 4) is 17.2 Å². The van der Waals surface area contributed by atoms with E-state index in [1.165, 1.54) is 70.6 Å². The van der Waals surface area contributed by atoms with Gasteiger partial charge in [-0.1, -0.05) is 95.8 Å². The molecule has 1 heterocycles. The van der Waals surface area contributed by atoms with Crippen LogP contribution in [0.1, 0.15) is 89.5 Å². The molecule has 0 spiro atoms. The Bertz CT molecular complexity index is 1030. The Morgan fingerprint density at radius 1 is 0.875 bits per heavy atom. The largest absolute Gasteiger partial charge is 0.493 e. The normalized spacial score (nSPS) is 12.5. The van der Waals surface area contributed by atoms with Crippen LogP contribution < -0.4 is 19.5 Å². The Hall–Kier alpha value is -2.80. The van der Waals surface area contributed by atoms with E-state index in [0.717, 1.165) is 30.1 Å². The van der Waals surface area contributed by atoms with Gasteiger partial charge in [0, 0.05) is 24.5 Å². The number of carbonyl (C=O) groups is 1. The van der Waals surface area contributed by atoms with Crippen LogP contribution in [0.3, 0.4) is 0 Å². The third-order valence-electron chi connectivity index (χ3n) is 7.03. The number of nitrogens with zero attached hydrogens (tertiary/aromatic N) is 1. The average molecular weight is 569 g/mol. The first-order valence-electron chi connectivity index (χ1n) is 15.0. The SMILES string of the molecule is CCCCCCCCCCCCCCOc1cc(OCC(=O)Nc2ccccc2CN2C=CSC2)ccc1OC. The van der Waals surface area contributed by atoms with Gasteiger partial charge in [0.05, 0.1) is 19.6 Å². The van der Waals surface area contributed by atoms with E-state index >= 15 is 0 Å². The van der Waals surface area contributed by atoms with Crippen LogP contribution in [0.25, 0.3) is 0 Å². The lowest BCUT2D eigenvalue weighted by atomic mass is 10.1. The molecule has 7 heteroatoms. The molecule has 1 aliphatic heterocycles. The molecule has 0 fully saturated rings. The lowest BCUT2D eigenvalue weighted by Crippen LogP contribution is -2.22. The molecule has 0 aliphatic carbocycles. The van der Waals surface area contributed by atoms with Gasteiger partial charge in [-0.25, -0.2) is 0 Å². The standard InChI is InChI=1S/C33H48N2O4S/c1-3-4-5-6-7-8-9-10-11-12-13-16-22-38-32-24-29(19-20-31(32)37-2)39-26-33(36)34-30-18-15-14-17-28(30)25-35-21-23-40-27-35/h14-15,17-21,23-24H,3-13,16,22,25-27H2,1-2H3,(H,34,36). The molecule has 3 rings (SSSR count). The van der Waals surface area contributed by atoms with Crippen LogP contribution in [0, 0.1) is 0 Å². The highest BCUT2D eigenvalue weighted by Gasteiger charge is 2.12. The third kappa shape index (κ3) is 12.2. The Balaban J connectivity index is 1.34. The number of para-hydroxylation sites is 1. The summed E-state index contributed by atoms with van der Waals surface area (Å²) in [5, 5.41) is 5.08. The predicted octanol–water partition coefficient (Wildman–Crippen LogP) is 8.77. The fraction of sp³-hybridized carbons (Fsp3) is 0.545. The number of rotatable bonds is 21. The van der Waals surface area contributed by atoms with Crippen molar-refractivity contribution < 1.29 is 19.0 Å². The summed E-state index contributed by atoms with van der Waals surface area (Å²) in [6.07, 6.45) is 17.8. The topological polar surface area (TPSA) is 60.0 Å². The smallest absolute Gasteiger partial charge is 0.262 e. The molecule has 1 aliphatic rings. The van der Waals surface area contributed by atoms with E-state index < -0.39 is 0 Å². The number of methoxy groups -OCH3 is 1. The van der Waals surface area contributed by atoms with E-state index in [0.29, 0.717) is 23.9 Å². The van der Waals surface area contributed by atoms with Gasteiger partial charge in [-0.3, -0.25) is 4.79 Å². The summed E-state index contributed by atoms with van der Waals surface area (Å²) in [6.45, 7) is 3.57. The molecule has 0 atom stereocenters. The Kier molecular flexibility index (Phi) is 15.3. The predicted molar refractivity (Wildman–Crippen MR) is 167 cm³/mol. The minimum atomic E-state index is -0.200. The number of hydrogen-bond acceptors (Lipinski definition) is 6. The van der Waals surface area contributed by atoms with Crippen molar-refractivity contribution in [2.24, 2.45) is 0 Å². The van der Waals surface area contributed by atoms with Crippen molar-refractivity contribution in [3.63, 3.8) is 0 Å². The van der Waals surface area contributed by atoms with Gasteiger partial charge in [0.2, 0.25) is 0 Å². The minimum Gasteiger partial charge on any atom is -0.493 e. The van der Waals surface area contributed by atoms with Crippen molar-refractivity contribution >= 4 is 23.4 Å². The summed E-state index contributed by atoms with van der Waals surface area (Å²) in [4.78, 5) is 14.9. The fourth-order valence-corrected chi connectivity index (χ4v) is 5.44. The number of anilines is 1. The highest BCUT2D eigenvalue weighted by Crippen LogP contribution is 2.31. The molecular weight excluding hydrogens is 520 g/mol. The number of carbonyl (C=O) groups excluding carboxylic acids is 1. The van der Waals surface area contributed by atoms with E-state index in [1.807, 2.05) is 30.3 Å². The van der Waals surface area contributed by atoms with Gasteiger partial charge in [-0.2, -0.15) is 0 Å². The van der Waals surface area contributed by atoms with Gasteiger partial charge < -0.3 is 24.4 Å². The van der Waals surface area contributed by atoms with Crippen LogP contribution in [0.4, 0.5) is 5.69 Å². The number of nitrogens with one attached hydrogen (secondary N) is 1. The maximum absolute atomic E-state index is 12.7. The molecular formula is C33H48N2O4S. The van der Waals surface area contributed by atoms with Crippen LogP contribution in [0.2, 0.25) is 0 Å². The Labute approximate surface area is 245 Å². The molecule has 0 radical (unpaired) electrons. The number of unbranched alkanes of at least 4 members (excludes halogenated alkanes) is 11. The second-order valence-corrected chi connectivity index (χ2v) is 11.2. The lowest BCUT2D eigenvalue weighted by Gasteiger charge is -2.18. The van der Waals surface area contributed by atoms with E-state index in [1.54, 1.807) is 31.0 Å². The van der Waals surface area contributed by atoms with Gasteiger partial charge in [0.15, 0.2) is 18.1 Å². The van der Waals surface area contributed by atoms with E-state index in [9.17, 15) is 4.79 Å². The molecule has 40 heavy (non-hydrogen) atoms. The van der Waals surface area contributed by atoms with Crippen LogP contribution >= 0.6 is 11.8 Å². The maximum atomic E-state index is 12.7. The summed E-state index contributed by atoms with van der Waals surface area (Å²) in [5.41, 5.74) is 1.88. The van der Waals surface area contributed by atoms with Gasteiger partial charge >= 0.3 is 0 Å². The third-order valence-corrected chi connectivity index (χ3v) is 7.83. The van der Waals surface area contributed by atoms with Gasteiger partial charge in [0.25, 0.3) is 5.91 Å². The Morgan fingerprint density at radius 3 is 2.25 bits per heavy atom. The summed E-state index contributed by atoms with van der Waals surface area (Å²) in [5.74, 6) is 2.61. The highest BCUT2D eigenvalue weighted by atomic mass is 32.2. The van der Waals surface area contributed by atoms with Crippen molar-refractivity contribution in [1.82, 2.24) is 4.90 Å².